The number of rotatable bonds is 5. The Labute approximate surface area is 111 Å². The van der Waals surface area contributed by atoms with Crippen molar-refractivity contribution in [2.24, 2.45) is 5.41 Å². The molecule has 5 heteroatoms. The van der Waals surface area contributed by atoms with E-state index in [0.29, 0.717) is 22.0 Å². The van der Waals surface area contributed by atoms with E-state index in [1.807, 2.05) is 6.07 Å². The van der Waals surface area contributed by atoms with E-state index in [1.54, 1.807) is 0 Å². The standard InChI is InChI=1S/C13H19N3OS/c1-13(4-5-13)7-15-10-6-9(14)11(18-10)12(17)16-8-2-3-8/h6,8,15H,2-5,7,14H2,1H3,(H,16,17). The van der Waals surface area contributed by atoms with Gasteiger partial charge in [0.1, 0.15) is 4.88 Å². The Bertz CT molecular complexity index is 475. The maximum absolute atomic E-state index is 11.9. The third-order valence-electron chi connectivity index (χ3n) is 3.67. The lowest BCUT2D eigenvalue weighted by atomic mass is 10.1. The van der Waals surface area contributed by atoms with Crippen LogP contribution in [0.2, 0.25) is 0 Å². The quantitative estimate of drug-likeness (QED) is 0.766. The molecule has 18 heavy (non-hydrogen) atoms. The lowest BCUT2D eigenvalue weighted by molar-refractivity contribution is 0.0956. The number of thiophene rings is 1. The van der Waals surface area contributed by atoms with Crippen molar-refractivity contribution in [1.82, 2.24) is 5.32 Å². The second-order valence-electron chi connectivity index (χ2n) is 5.81. The van der Waals surface area contributed by atoms with Crippen molar-refractivity contribution < 1.29 is 4.79 Å². The molecule has 1 aromatic heterocycles. The minimum absolute atomic E-state index is 0.0225. The highest BCUT2D eigenvalue weighted by molar-refractivity contribution is 7.18. The van der Waals surface area contributed by atoms with Crippen molar-refractivity contribution in [3.05, 3.63) is 10.9 Å². The molecule has 2 aliphatic rings. The van der Waals surface area contributed by atoms with Crippen molar-refractivity contribution in [3.8, 4) is 0 Å². The van der Waals surface area contributed by atoms with E-state index in [2.05, 4.69) is 17.6 Å². The smallest absolute Gasteiger partial charge is 0.263 e. The third kappa shape index (κ3) is 2.61. The molecule has 0 aliphatic heterocycles. The van der Waals surface area contributed by atoms with Crippen molar-refractivity contribution in [3.63, 3.8) is 0 Å². The van der Waals surface area contributed by atoms with Gasteiger partial charge in [-0.05, 0) is 37.2 Å². The molecule has 2 fully saturated rings. The van der Waals surface area contributed by atoms with Gasteiger partial charge in [-0.15, -0.1) is 11.3 Å². The molecule has 0 unspecified atom stereocenters. The molecular weight excluding hydrogens is 246 g/mol. The van der Waals surface area contributed by atoms with Crippen LogP contribution in [0.4, 0.5) is 10.7 Å². The fourth-order valence-corrected chi connectivity index (χ4v) is 2.72. The van der Waals surface area contributed by atoms with Crippen LogP contribution in [0.5, 0.6) is 0 Å². The highest BCUT2D eigenvalue weighted by Crippen LogP contribution is 2.45. The molecule has 98 valence electrons. The molecule has 0 bridgehead atoms. The molecule has 0 atom stereocenters. The second-order valence-corrected chi connectivity index (χ2v) is 6.86. The number of hydrogen-bond donors (Lipinski definition) is 3. The van der Waals surface area contributed by atoms with Crippen LogP contribution in [0, 0.1) is 5.41 Å². The Morgan fingerprint density at radius 1 is 1.56 bits per heavy atom. The Morgan fingerprint density at radius 3 is 2.89 bits per heavy atom. The van der Waals surface area contributed by atoms with E-state index in [9.17, 15) is 4.79 Å². The highest BCUT2D eigenvalue weighted by atomic mass is 32.1. The molecule has 4 N–H and O–H groups in total. The zero-order chi connectivity index (χ0) is 12.8. The number of anilines is 2. The van der Waals surface area contributed by atoms with Gasteiger partial charge in [-0.2, -0.15) is 0 Å². The number of carbonyl (C=O) groups is 1. The molecule has 2 saturated carbocycles. The van der Waals surface area contributed by atoms with Crippen LogP contribution in [0.3, 0.4) is 0 Å². The second kappa shape index (κ2) is 4.16. The van der Waals surface area contributed by atoms with Gasteiger partial charge in [0.2, 0.25) is 0 Å². The van der Waals surface area contributed by atoms with E-state index in [4.69, 9.17) is 5.73 Å². The number of nitrogens with two attached hydrogens (primary N) is 1. The molecule has 2 aliphatic carbocycles. The normalized spacial score (nSPS) is 20.5. The maximum Gasteiger partial charge on any atom is 0.263 e. The summed E-state index contributed by atoms with van der Waals surface area (Å²) in [6, 6.07) is 2.25. The monoisotopic (exact) mass is 265 g/mol. The Hall–Kier alpha value is -1.23. The predicted molar refractivity (Wildman–Crippen MR) is 75.1 cm³/mol. The van der Waals surface area contributed by atoms with E-state index < -0.39 is 0 Å². The predicted octanol–water partition coefficient (Wildman–Crippen LogP) is 2.43. The molecule has 4 nitrogen and oxygen atoms in total. The minimum atomic E-state index is -0.0225. The topological polar surface area (TPSA) is 67.1 Å². The first kappa shape index (κ1) is 11.8. The zero-order valence-corrected chi connectivity index (χ0v) is 11.4. The molecule has 3 rings (SSSR count). The Morgan fingerprint density at radius 2 is 2.28 bits per heavy atom. The van der Waals surface area contributed by atoms with Crippen LogP contribution in [0.1, 0.15) is 42.3 Å². The van der Waals surface area contributed by atoms with E-state index in [0.717, 1.165) is 24.4 Å². The fraction of sp³-hybridized carbons (Fsp3) is 0.615. The SMILES string of the molecule is CC1(CNc2cc(N)c(C(=O)NC3CC3)s2)CC1. The van der Waals surface area contributed by atoms with Gasteiger partial charge < -0.3 is 16.4 Å². The van der Waals surface area contributed by atoms with Crippen LogP contribution in [-0.2, 0) is 0 Å². The number of amides is 1. The molecule has 0 radical (unpaired) electrons. The van der Waals surface area contributed by atoms with Crippen molar-refractivity contribution in [1.29, 1.82) is 0 Å². The molecule has 1 amide bonds. The van der Waals surface area contributed by atoms with E-state index in [-0.39, 0.29) is 5.91 Å². The molecule has 0 aromatic carbocycles. The molecular formula is C13H19N3OS. The van der Waals surface area contributed by atoms with Gasteiger partial charge in [0.25, 0.3) is 5.91 Å². The van der Waals surface area contributed by atoms with Gasteiger partial charge in [-0.1, -0.05) is 6.92 Å². The van der Waals surface area contributed by atoms with E-state index in [1.165, 1.54) is 24.2 Å². The van der Waals surface area contributed by atoms with Crippen molar-refractivity contribution in [2.45, 2.75) is 38.6 Å². The summed E-state index contributed by atoms with van der Waals surface area (Å²) >= 11 is 1.46. The Kier molecular flexibility index (Phi) is 2.73. The minimum Gasteiger partial charge on any atom is -0.397 e. The molecule has 1 aromatic rings. The van der Waals surface area contributed by atoms with Crippen LogP contribution in [0.15, 0.2) is 6.07 Å². The summed E-state index contributed by atoms with van der Waals surface area (Å²) in [5, 5.41) is 7.36. The van der Waals surface area contributed by atoms with E-state index >= 15 is 0 Å². The van der Waals surface area contributed by atoms with Gasteiger partial charge in [-0.25, -0.2) is 0 Å². The number of nitrogen functional groups attached to an aromatic ring is 1. The summed E-state index contributed by atoms with van der Waals surface area (Å²) < 4.78 is 0. The summed E-state index contributed by atoms with van der Waals surface area (Å²) in [4.78, 5) is 12.6. The summed E-state index contributed by atoms with van der Waals surface area (Å²) in [5.74, 6) is -0.0225. The highest BCUT2D eigenvalue weighted by Gasteiger charge is 2.37. The first-order valence-electron chi connectivity index (χ1n) is 6.50. The summed E-state index contributed by atoms with van der Waals surface area (Å²) in [5.41, 5.74) is 6.94. The van der Waals surface area contributed by atoms with Gasteiger partial charge in [0.15, 0.2) is 0 Å². The maximum atomic E-state index is 11.9. The summed E-state index contributed by atoms with van der Waals surface area (Å²) in [6.45, 7) is 3.24. The average Bonchev–Trinajstić information content (AvgIpc) is 3.22. The van der Waals surface area contributed by atoms with Crippen molar-refractivity contribution >= 4 is 27.9 Å². The van der Waals surface area contributed by atoms with Gasteiger partial charge >= 0.3 is 0 Å². The first-order chi connectivity index (χ1) is 8.56. The average molecular weight is 265 g/mol. The molecule has 1 heterocycles. The van der Waals surface area contributed by atoms with Gasteiger partial charge in [0.05, 0.1) is 10.7 Å². The first-order valence-corrected chi connectivity index (χ1v) is 7.31. The van der Waals surface area contributed by atoms with Gasteiger partial charge in [0, 0.05) is 12.6 Å². The van der Waals surface area contributed by atoms with Gasteiger partial charge in [-0.3, -0.25) is 4.79 Å². The number of hydrogen-bond acceptors (Lipinski definition) is 4. The molecule has 0 spiro atoms. The van der Waals surface area contributed by atoms with Crippen LogP contribution >= 0.6 is 11.3 Å². The number of carbonyl (C=O) groups excluding carboxylic acids is 1. The van der Waals surface area contributed by atoms with Crippen LogP contribution in [-0.4, -0.2) is 18.5 Å². The third-order valence-corrected chi connectivity index (χ3v) is 4.78. The summed E-state index contributed by atoms with van der Waals surface area (Å²) in [7, 11) is 0. The van der Waals surface area contributed by atoms with Crippen LogP contribution in [0.25, 0.3) is 0 Å². The summed E-state index contributed by atoms with van der Waals surface area (Å²) in [6.07, 6.45) is 4.77. The zero-order valence-electron chi connectivity index (χ0n) is 10.6. The largest absolute Gasteiger partial charge is 0.397 e. The Balaban J connectivity index is 1.63. The lowest BCUT2D eigenvalue weighted by Crippen LogP contribution is -2.25. The number of nitrogens with one attached hydrogen (secondary N) is 2. The molecule has 0 saturated heterocycles. The van der Waals surface area contributed by atoms with Crippen molar-refractivity contribution in [2.75, 3.05) is 17.6 Å². The lowest BCUT2D eigenvalue weighted by Gasteiger charge is -2.08. The fourth-order valence-electron chi connectivity index (χ4n) is 1.84. The van der Waals surface area contributed by atoms with Crippen LogP contribution < -0.4 is 16.4 Å².